The van der Waals surface area contributed by atoms with Crippen molar-refractivity contribution in [3.8, 4) is 0 Å². The molecular weight excluding hydrogens is 164 g/mol. The molecule has 0 spiro atoms. The number of carbonyl (C=O) groups excluding carboxylic acids is 1. The van der Waals surface area contributed by atoms with Gasteiger partial charge in [0.2, 0.25) is 5.91 Å². The standard InChI is InChI=1S/C10H18N2O/c1-7-2-3-8(4-7)12-9-5-10(13)11-6-9/h7-9,12H,2-6H2,1H3,(H,11,13). The first-order valence-electron chi connectivity index (χ1n) is 5.27. The van der Waals surface area contributed by atoms with Gasteiger partial charge in [-0.05, 0) is 25.2 Å². The van der Waals surface area contributed by atoms with E-state index in [1.54, 1.807) is 0 Å². The highest BCUT2D eigenvalue weighted by molar-refractivity contribution is 5.78. The molecule has 2 aliphatic rings. The van der Waals surface area contributed by atoms with Crippen molar-refractivity contribution < 1.29 is 4.79 Å². The highest BCUT2D eigenvalue weighted by Gasteiger charge is 2.27. The average Bonchev–Trinajstić information content (AvgIpc) is 2.62. The minimum absolute atomic E-state index is 0.198. The van der Waals surface area contributed by atoms with E-state index in [-0.39, 0.29) is 5.91 Å². The molecule has 0 bridgehead atoms. The maximum absolute atomic E-state index is 10.9. The van der Waals surface area contributed by atoms with Crippen LogP contribution in [-0.2, 0) is 4.79 Å². The van der Waals surface area contributed by atoms with Gasteiger partial charge in [0, 0.05) is 25.0 Å². The van der Waals surface area contributed by atoms with Crippen LogP contribution in [0.5, 0.6) is 0 Å². The van der Waals surface area contributed by atoms with Crippen molar-refractivity contribution in [3.05, 3.63) is 0 Å². The van der Waals surface area contributed by atoms with Crippen molar-refractivity contribution >= 4 is 5.91 Å². The van der Waals surface area contributed by atoms with E-state index >= 15 is 0 Å². The molecule has 1 aliphatic heterocycles. The predicted molar refractivity (Wildman–Crippen MR) is 51.4 cm³/mol. The van der Waals surface area contributed by atoms with Gasteiger partial charge in [0.25, 0.3) is 0 Å². The van der Waals surface area contributed by atoms with Crippen LogP contribution in [0.3, 0.4) is 0 Å². The van der Waals surface area contributed by atoms with E-state index in [1.165, 1.54) is 19.3 Å². The normalized spacial score (nSPS) is 39.5. The van der Waals surface area contributed by atoms with Crippen LogP contribution in [0, 0.1) is 5.92 Å². The monoisotopic (exact) mass is 182 g/mol. The van der Waals surface area contributed by atoms with Gasteiger partial charge in [-0.1, -0.05) is 6.92 Å². The van der Waals surface area contributed by atoms with Crippen molar-refractivity contribution in [1.29, 1.82) is 0 Å². The molecule has 1 amide bonds. The van der Waals surface area contributed by atoms with E-state index in [4.69, 9.17) is 0 Å². The van der Waals surface area contributed by atoms with Crippen molar-refractivity contribution in [3.63, 3.8) is 0 Å². The van der Waals surface area contributed by atoms with Gasteiger partial charge in [-0.3, -0.25) is 4.79 Å². The highest BCUT2D eigenvalue weighted by Crippen LogP contribution is 2.25. The Hall–Kier alpha value is -0.570. The fourth-order valence-corrected chi connectivity index (χ4v) is 2.41. The van der Waals surface area contributed by atoms with Crippen molar-refractivity contribution in [1.82, 2.24) is 10.6 Å². The number of hydrogen-bond acceptors (Lipinski definition) is 2. The van der Waals surface area contributed by atoms with E-state index < -0.39 is 0 Å². The molecule has 2 fully saturated rings. The molecular formula is C10H18N2O. The van der Waals surface area contributed by atoms with Gasteiger partial charge in [-0.25, -0.2) is 0 Å². The smallest absolute Gasteiger partial charge is 0.221 e. The van der Waals surface area contributed by atoms with Gasteiger partial charge in [-0.15, -0.1) is 0 Å². The van der Waals surface area contributed by atoms with Crippen LogP contribution in [0.1, 0.15) is 32.6 Å². The lowest BCUT2D eigenvalue weighted by Crippen LogP contribution is -2.38. The molecule has 3 nitrogen and oxygen atoms in total. The van der Waals surface area contributed by atoms with Crippen LogP contribution in [0.15, 0.2) is 0 Å². The second-order valence-electron chi connectivity index (χ2n) is 4.49. The van der Waals surface area contributed by atoms with E-state index in [2.05, 4.69) is 17.6 Å². The largest absolute Gasteiger partial charge is 0.354 e. The maximum Gasteiger partial charge on any atom is 0.221 e. The molecule has 1 saturated carbocycles. The Kier molecular flexibility index (Phi) is 2.54. The van der Waals surface area contributed by atoms with Crippen LogP contribution < -0.4 is 10.6 Å². The first-order valence-corrected chi connectivity index (χ1v) is 5.27. The Labute approximate surface area is 79.3 Å². The second kappa shape index (κ2) is 3.66. The third kappa shape index (κ3) is 2.21. The fraction of sp³-hybridized carbons (Fsp3) is 0.900. The summed E-state index contributed by atoms with van der Waals surface area (Å²) in [5.74, 6) is 1.06. The van der Waals surface area contributed by atoms with Crippen molar-refractivity contribution in [2.75, 3.05) is 6.54 Å². The second-order valence-corrected chi connectivity index (χ2v) is 4.49. The Morgan fingerprint density at radius 1 is 1.38 bits per heavy atom. The van der Waals surface area contributed by atoms with Crippen molar-refractivity contribution in [2.45, 2.75) is 44.7 Å². The van der Waals surface area contributed by atoms with Gasteiger partial charge in [0.1, 0.15) is 0 Å². The summed E-state index contributed by atoms with van der Waals surface area (Å²) < 4.78 is 0. The summed E-state index contributed by atoms with van der Waals surface area (Å²) in [7, 11) is 0. The Bertz CT molecular complexity index is 205. The summed E-state index contributed by atoms with van der Waals surface area (Å²) in [5, 5.41) is 6.41. The quantitative estimate of drug-likeness (QED) is 0.658. The van der Waals surface area contributed by atoms with Gasteiger partial charge in [0.15, 0.2) is 0 Å². The molecule has 2 rings (SSSR count). The lowest BCUT2D eigenvalue weighted by Gasteiger charge is -2.16. The lowest BCUT2D eigenvalue weighted by molar-refractivity contribution is -0.119. The zero-order valence-corrected chi connectivity index (χ0v) is 8.18. The molecule has 3 unspecified atom stereocenters. The fourth-order valence-electron chi connectivity index (χ4n) is 2.41. The van der Waals surface area contributed by atoms with Gasteiger partial charge in [0.05, 0.1) is 0 Å². The number of carbonyl (C=O) groups is 1. The summed E-state index contributed by atoms with van der Waals surface area (Å²) in [5.41, 5.74) is 0. The molecule has 2 N–H and O–H groups in total. The minimum Gasteiger partial charge on any atom is -0.354 e. The average molecular weight is 182 g/mol. The zero-order chi connectivity index (χ0) is 9.26. The van der Waals surface area contributed by atoms with E-state index in [0.29, 0.717) is 18.5 Å². The SMILES string of the molecule is CC1CCC(NC2CNC(=O)C2)C1. The summed E-state index contributed by atoms with van der Waals surface area (Å²) in [6, 6.07) is 1.05. The number of rotatable bonds is 2. The topological polar surface area (TPSA) is 41.1 Å². The minimum atomic E-state index is 0.198. The molecule has 1 saturated heterocycles. The molecule has 3 atom stereocenters. The number of nitrogens with one attached hydrogen (secondary N) is 2. The first kappa shape index (κ1) is 9.00. The van der Waals surface area contributed by atoms with Crippen LogP contribution in [0.2, 0.25) is 0 Å². The van der Waals surface area contributed by atoms with Crippen LogP contribution >= 0.6 is 0 Å². The third-order valence-electron chi connectivity index (χ3n) is 3.14. The molecule has 3 heteroatoms. The molecule has 0 aromatic rings. The Morgan fingerprint density at radius 3 is 2.77 bits per heavy atom. The Morgan fingerprint density at radius 2 is 2.23 bits per heavy atom. The summed E-state index contributed by atoms with van der Waals surface area (Å²) in [6.07, 6.45) is 4.58. The third-order valence-corrected chi connectivity index (χ3v) is 3.14. The maximum atomic E-state index is 10.9. The van der Waals surface area contributed by atoms with Gasteiger partial charge < -0.3 is 10.6 Å². The van der Waals surface area contributed by atoms with Crippen molar-refractivity contribution in [2.24, 2.45) is 5.92 Å². The van der Waals surface area contributed by atoms with Crippen LogP contribution in [0.25, 0.3) is 0 Å². The Balaban J connectivity index is 1.75. The molecule has 0 aromatic carbocycles. The molecule has 1 heterocycles. The predicted octanol–water partition coefficient (Wildman–Crippen LogP) is 0.653. The number of hydrogen-bond donors (Lipinski definition) is 2. The first-order chi connectivity index (χ1) is 6.24. The zero-order valence-electron chi connectivity index (χ0n) is 8.18. The van der Waals surface area contributed by atoms with E-state index in [1.807, 2.05) is 0 Å². The van der Waals surface area contributed by atoms with Gasteiger partial charge >= 0.3 is 0 Å². The lowest BCUT2D eigenvalue weighted by atomic mass is 10.1. The summed E-state index contributed by atoms with van der Waals surface area (Å²) in [6.45, 7) is 3.13. The van der Waals surface area contributed by atoms with Crippen LogP contribution in [-0.4, -0.2) is 24.5 Å². The van der Waals surface area contributed by atoms with Gasteiger partial charge in [-0.2, -0.15) is 0 Å². The van der Waals surface area contributed by atoms with E-state index in [9.17, 15) is 4.79 Å². The van der Waals surface area contributed by atoms with E-state index in [0.717, 1.165) is 12.5 Å². The summed E-state index contributed by atoms with van der Waals surface area (Å²) >= 11 is 0. The molecule has 0 aromatic heterocycles. The molecule has 0 radical (unpaired) electrons. The number of amides is 1. The summed E-state index contributed by atoms with van der Waals surface area (Å²) in [4.78, 5) is 10.9. The molecule has 13 heavy (non-hydrogen) atoms. The van der Waals surface area contributed by atoms with Crippen LogP contribution in [0.4, 0.5) is 0 Å². The molecule has 74 valence electrons. The highest BCUT2D eigenvalue weighted by atomic mass is 16.1. The molecule has 1 aliphatic carbocycles.